The van der Waals surface area contributed by atoms with E-state index in [1.807, 2.05) is 29.2 Å². The highest BCUT2D eigenvalue weighted by Gasteiger charge is 2.33. The summed E-state index contributed by atoms with van der Waals surface area (Å²) in [6, 6.07) is 7.39. The van der Waals surface area contributed by atoms with E-state index in [1.165, 1.54) is 8.61 Å². The Morgan fingerprint density at radius 2 is 1.58 bits per heavy atom. The lowest BCUT2D eigenvalue weighted by Gasteiger charge is -2.37. The summed E-state index contributed by atoms with van der Waals surface area (Å²) in [5.74, 6) is -0.100. The molecule has 0 aliphatic carbocycles. The van der Waals surface area contributed by atoms with Crippen LogP contribution in [0.3, 0.4) is 0 Å². The molecule has 8 nitrogen and oxygen atoms in total. The largest absolute Gasteiger partial charge is 0.379 e. The summed E-state index contributed by atoms with van der Waals surface area (Å²) in [6.07, 6.45) is 0. The molecule has 0 saturated carbocycles. The molecule has 26 heavy (non-hydrogen) atoms. The zero-order chi connectivity index (χ0) is 18.6. The first-order valence-electron chi connectivity index (χ1n) is 8.56. The molecule has 1 aromatic carbocycles. The summed E-state index contributed by atoms with van der Waals surface area (Å²) in [4.78, 5) is 14.1. The molecule has 10 heteroatoms. The molecule has 2 heterocycles. The molecule has 0 aromatic heterocycles. The van der Waals surface area contributed by atoms with E-state index in [1.54, 1.807) is 0 Å². The SMILES string of the molecule is O=C(CN1CCN(S(=O)(=O)N2CCOCC2)CC1)Nc1ccc(Br)cc1. The van der Waals surface area contributed by atoms with Crippen LogP contribution in [0.25, 0.3) is 0 Å². The third-order valence-corrected chi connectivity index (χ3v) is 7.01. The van der Waals surface area contributed by atoms with Crippen LogP contribution in [0.5, 0.6) is 0 Å². The number of morpholine rings is 1. The minimum absolute atomic E-state index is 0.100. The molecular formula is C16H23BrN4O4S. The Bertz CT molecular complexity index is 714. The van der Waals surface area contributed by atoms with Crippen LogP contribution >= 0.6 is 15.9 Å². The standard InChI is InChI=1S/C16H23BrN4O4S/c17-14-1-3-15(4-2-14)18-16(22)13-19-5-7-20(8-6-19)26(23,24)21-9-11-25-12-10-21/h1-4H,5-13H2,(H,18,22). The normalized spacial score (nSPS) is 20.8. The summed E-state index contributed by atoms with van der Waals surface area (Å²) >= 11 is 3.36. The van der Waals surface area contributed by atoms with Gasteiger partial charge in [-0.25, -0.2) is 0 Å². The summed E-state index contributed by atoms with van der Waals surface area (Å²) in [5, 5.41) is 2.85. The Kier molecular flexibility index (Phi) is 6.65. The highest BCUT2D eigenvalue weighted by atomic mass is 79.9. The van der Waals surface area contributed by atoms with Crippen molar-refractivity contribution in [3.8, 4) is 0 Å². The summed E-state index contributed by atoms with van der Waals surface area (Å²) in [7, 11) is -3.43. The number of halogens is 1. The third-order valence-electron chi connectivity index (χ3n) is 4.45. The van der Waals surface area contributed by atoms with Crippen molar-refractivity contribution >= 4 is 37.7 Å². The predicted octanol–water partition coefficient (Wildman–Crippen LogP) is 0.582. The predicted molar refractivity (Wildman–Crippen MR) is 102 cm³/mol. The van der Waals surface area contributed by atoms with Gasteiger partial charge in [0.15, 0.2) is 0 Å². The van der Waals surface area contributed by atoms with E-state index in [2.05, 4.69) is 21.2 Å². The van der Waals surface area contributed by atoms with Gasteiger partial charge in [-0.2, -0.15) is 17.0 Å². The van der Waals surface area contributed by atoms with Crippen molar-refractivity contribution < 1.29 is 17.9 Å². The molecule has 1 aromatic rings. The average molecular weight is 447 g/mol. The molecule has 144 valence electrons. The number of ether oxygens (including phenoxy) is 1. The van der Waals surface area contributed by atoms with Crippen molar-refractivity contribution in [3.05, 3.63) is 28.7 Å². The number of amides is 1. The van der Waals surface area contributed by atoms with Crippen LogP contribution in [0, 0.1) is 0 Å². The number of carbonyl (C=O) groups is 1. The van der Waals surface area contributed by atoms with Crippen molar-refractivity contribution in [2.24, 2.45) is 0 Å². The number of hydrogen-bond donors (Lipinski definition) is 1. The maximum atomic E-state index is 12.6. The van der Waals surface area contributed by atoms with Crippen LogP contribution in [0.1, 0.15) is 0 Å². The van der Waals surface area contributed by atoms with Gasteiger partial charge >= 0.3 is 0 Å². The Hall–Kier alpha value is -1.04. The fourth-order valence-electron chi connectivity index (χ4n) is 3.00. The summed E-state index contributed by atoms with van der Waals surface area (Å²) in [5.41, 5.74) is 0.742. The number of carbonyl (C=O) groups excluding carboxylic acids is 1. The zero-order valence-electron chi connectivity index (χ0n) is 14.4. The lowest BCUT2D eigenvalue weighted by atomic mass is 10.3. The van der Waals surface area contributed by atoms with Crippen LogP contribution in [0.2, 0.25) is 0 Å². The third kappa shape index (κ3) is 5.02. The molecule has 1 N–H and O–H groups in total. The van der Waals surface area contributed by atoms with Crippen LogP contribution < -0.4 is 5.32 Å². The van der Waals surface area contributed by atoms with E-state index < -0.39 is 10.2 Å². The second-order valence-corrected chi connectivity index (χ2v) is 9.09. The Labute approximate surface area is 162 Å². The molecule has 1 amide bonds. The molecule has 2 aliphatic rings. The lowest BCUT2D eigenvalue weighted by Crippen LogP contribution is -2.55. The van der Waals surface area contributed by atoms with Gasteiger partial charge in [-0.3, -0.25) is 9.69 Å². The minimum Gasteiger partial charge on any atom is -0.379 e. The van der Waals surface area contributed by atoms with Crippen LogP contribution in [0.4, 0.5) is 5.69 Å². The molecule has 3 rings (SSSR count). The molecule has 2 fully saturated rings. The first kappa shape index (κ1) is 19.7. The van der Waals surface area contributed by atoms with Crippen molar-refractivity contribution in [2.75, 3.05) is 64.3 Å². The highest BCUT2D eigenvalue weighted by Crippen LogP contribution is 2.15. The number of piperazine rings is 1. The second-order valence-electron chi connectivity index (χ2n) is 6.25. The first-order valence-corrected chi connectivity index (χ1v) is 10.7. The smallest absolute Gasteiger partial charge is 0.282 e. The van der Waals surface area contributed by atoms with Crippen molar-refractivity contribution in [2.45, 2.75) is 0 Å². The molecule has 0 unspecified atom stereocenters. The first-order chi connectivity index (χ1) is 12.4. The van der Waals surface area contributed by atoms with Gasteiger partial charge in [0, 0.05) is 49.4 Å². The lowest BCUT2D eigenvalue weighted by molar-refractivity contribution is -0.117. The topological polar surface area (TPSA) is 82.2 Å². The van der Waals surface area contributed by atoms with E-state index in [-0.39, 0.29) is 12.5 Å². The molecule has 0 spiro atoms. The number of nitrogens with zero attached hydrogens (tertiary/aromatic N) is 3. The Balaban J connectivity index is 1.47. The zero-order valence-corrected chi connectivity index (χ0v) is 16.8. The van der Waals surface area contributed by atoms with Gasteiger partial charge in [-0.1, -0.05) is 15.9 Å². The Morgan fingerprint density at radius 3 is 2.19 bits per heavy atom. The minimum atomic E-state index is -3.43. The van der Waals surface area contributed by atoms with E-state index in [0.29, 0.717) is 52.5 Å². The summed E-state index contributed by atoms with van der Waals surface area (Å²) < 4.78 is 34.4. The average Bonchev–Trinajstić information content (AvgIpc) is 2.65. The van der Waals surface area contributed by atoms with Gasteiger partial charge in [-0.15, -0.1) is 0 Å². The number of nitrogens with one attached hydrogen (secondary N) is 1. The monoisotopic (exact) mass is 446 g/mol. The number of rotatable bonds is 5. The molecule has 0 radical (unpaired) electrons. The van der Waals surface area contributed by atoms with E-state index in [4.69, 9.17) is 4.74 Å². The molecule has 2 saturated heterocycles. The van der Waals surface area contributed by atoms with Gasteiger partial charge in [-0.05, 0) is 24.3 Å². The fourth-order valence-corrected chi connectivity index (χ4v) is 4.82. The van der Waals surface area contributed by atoms with Crippen LogP contribution in [-0.4, -0.2) is 86.9 Å². The summed E-state index contributed by atoms with van der Waals surface area (Å²) in [6.45, 7) is 3.80. The van der Waals surface area contributed by atoms with E-state index in [9.17, 15) is 13.2 Å². The van der Waals surface area contributed by atoms with Gasteiger partial charge in [0.05, 0.1) is 19.8 Å². The fraction of sp³-hybridized carbons (Fsp3) is 0.562. The quantitative estimate of drug-likeness (QED) is 0.715. The number of hydrogen-bond acceptors (Lipinski definition) is 5. The number of benzene rings is 1. The van der Waals surface area contributed by atoms with Crippen LogP contribution in [-0.2, 0) is 19.7 Å². The maximum Gasteiger partial charge on any atom is 0.282 e. The van der Waals surface area contributed by atoms with Crippen molar-refractivity contribution in [1.82, 2.24) is 13.5 Å². The molecule has 2 aliphatic heterocycles. The van der Waals surface area contributed by atoms with E-state index in [0.717, 1.165) is 10.2 Å². The Morgan fingerprint density at radius 1 is 1.00 bits per heavy atom. The van der Waals surface area contributed by atoms with Crippen molar-refractivity contribution in [1.29, 1.82) is 0 Å². The van der Waals surface area contributed by atoms with Crippen LogP contribution in [0.15, 0.2) is 28.7 Å². The van der Waals surface area contributed by atoms with Gasteiger partial charge in [0.25, 0.3) is 10.2 Å². The second kappa shape index (κ2) is 8.77. The highest BCUT2D eigenvalue weighted by molar-refractivity contribution is 9.10. The maximum absolute atomic E-state index is 12.6. The number of anilines is 1. The van der Waals surface area contributed by atoms with Crippen molar-refractivity contribution in [3.63, 3.8) is 0 Å². The van der Waals surface area contributed by atoms with Gasteiger partial charge in [0.1, 0.15) is 0 Å². The molecule has 0 bridgehead atoms. The van der Waals surface area contributed by atoms with E-state index >= 15 is 0 Å². The van der Waals surface area contributed by atoms with Gasteiger partial charge < -0.3 is 10.1 Å². The van der Waals surface area contributed by atoms with Gasteiger partial charge in [0.2, 0.25) is 5.91 Å². The molecule has 0 atom stereocenters. The molecular weight excluding hydrogens is 424 g/mol.